The largest absolute Gasteiger partial charge is 0.458 e. The maximum absolute atomic E-state index is 10.8. The van der Waals surface area contributed by atoms with Crippen LogP contribution in [-0.4, -0.2) is 11.6 Å². The third-order valence-corrected chi connectivity index (χ3v) is 2.41. The van der Waals surface area contributed by atoms with Crippen LogP contribution in [0.2, 0.25) is 0 Å². The minimum Gasteiger partial charge on any atom is -0.458 e. The fourth-order valence-electron chi connectivity index (χ4n) is 1.70. The van der Waals surface area contributed by atoms with Gasteiger partial charge in [-0.3, -0.25) is 4.79 Å². The van der Waals surface area contributed by atoms with Crippen molar-refractivity contribution in [3.63, 3.8) is 0 Å². The van der Waals surface area contributed by atoms with Gasteiger partial charge in [0.1, 0.15) is 5.60 Å². The first-order valence-electron chi connectivity index (χ1n) is 3.59. The summed E-state index contributed by atoms with van der Waals surface area (Å²) in [6.45, 7) is 2.00. The molecule has 1 fully saturated rings. The molecule has 0 amide bonds. The molecule has 0 unspecified atom stereocenters. The average Bonchev–Trinajstić information content (AvgIpc) is 2.20. The van der Waals surface area contributed by atoms with Crippen LogP contribution >= 0.6 is 0 Å². The number of carbonyl (C=O) groups excluding carboxylic acids is 1. The third kappa shape index (κ3) is 0.618. The third-order valence-electron chi connectivity index (χ3n) is 2.41. The molecule has 2 nitrogen and oxygen atoms in total. The molecule has 0 saturated carbocycles. The lowest BCUT2D eigenvalue weighted by molar-refractivity contribution is -0.147. The summed E-state index contributed by atoms with van der Waals surface area (Å²) in [6.07, 6.45) is 5.65. The number of esters is 1. The molecule has 2 aliphatic rings. The normalized spacial score (nSPS) is 43.7. The van der Waals surface area contributed by atoms with Gasteiger partial charge in [0, 0.05) is 12.3 Å². The van der Waals surface area contributed by atoms with E-state index in [1.165, 1.54) is 0 Å². The van der Waals surface area contributed by atoms with Crippen LogP contribution in [0.5, 0.6) is 0 Å². The molecule has 1 aliphatic carbocycles. The molecule has 10 heavy (non-hydrogen) atoms. The van der Waals surface area contributed by atoms with Gasteiger partial charge in [0.2, 0.25) is 0 Å². The van der Waals surface area contributed by atoms with Crippen LogP contribution in [0.3, 0.4) is 0 Å². The molecule has 54 valence electrons. The highest BCUT2D eigenvalue weighted by molar-refractivity contribution is 5.73. The molecule has 1 heterocycles. The fraction of sp³-hybridized carbons (Fsp3) is 0.625. The lowest BCUT2D eigenvalue weighted by Crippen LogP contribution is -2.26. The van der Waals surface area contributed by atoms with Gasteiger partial charge in [0.25, 0.3) is 0 Å². The highest BCUT2D eigenvalue weighted by Gasteiger charge is 2.45. The predicted octanol–water partition coefficient (Wildman–Crippen LogP) is 1.27. The topological polar surface area (TPSA) is 26.3 Å². The van der Waals surface area contributed by atoms with Gasteiger partial charge in [-0.05, 0) is 6.92 Å². The first-order chi connectivity index (χ1) is 4.71. The number of rotatable bonds is 0. The minimum atomic E-state index is -0.183. The van der Waals surface area contributed by atoms with Crippen molar-refractivity contribution < 1.29 is 9.53 Å². The Labute approximate surface area is 59.9 Å². The first kappa shape index (κ1) is 5.96. The number of ether oxygens (including phenoxy) is 1. The van der Waals surface area contributed by atoms with E-state index < -0.39 is 0 Å². The van der Waals surface area contributed by atoms with Gasteiger partial charge >= 0.3 is 5.97 Å². The van der Waals surface area contributed by atoms with Crippen molar-refractivity contribution in [2.45, 2.75) is 25.4 Å². The minimum absolute atomic E-state index is 0.0446. The molecular weight excluding hydrogens is 128 g/mol. The van der Waals surface area contributed by atoms with Crippen molar-refractivity contribution in [2.24, 2.45) is 5.92 Å². The van der Waals surface area contributed by atoms with Crippen LogP contribution in [0.4, 0.5) is 0 Å². The quantitative estimate of drug-likeness (QED) is 0.372. The van der Waals surface area contributed by atoms with E-state index in [9.17, 15) is 4.79 Å². The molecule has 0 aromatic heterocycles. The van der Waals surface area contributed by atoms with E-state index in [1.807, 2.05) is 6.92 Å². The molecule has 2 heteroatoms. The van der Waals surface area contributed by atoms with Crippen molar-refractivity contribution in [3.05, 3.63) is 12.2 Å². The van der Waals surface area contributed by atoms with Gasteiger partial charge in [-0.15, -0.1) is 0 Å². The highest BCUT2D eigenvalue weighted by Crippen LogP contribution is 2.40. The molecule has 0 aromatic rings. The predicted molar refractivity (Wildman–Crippen MR) is 36.4 cm³/mol. The molecule has 2 rings (SSSR count). The number of hydrogen-bond donors (Lipinski definition) is 0. The van der Waals surface area contributed by atoms with Gasteiger partial charge in [-0.2, -0.15) is 0 Å². The monoisotopic (exact) mass is 138 g/mol. The summed E-state index contributed by atoms with van der Waals surface area (Å²) in [5.41, 5.74) is -0.183. The fourth-order valence-corrected chi connectivity index (χ4v) is 1.70. The van der Waals surface area contributed by atoms with Gasteiger partial charge in [0.15, 0.2) is 0 Å². The van der Waals surface area contributed by atoms with Crippen LogP contribution in [0, 0.1) is 5.92 Å². The summed E-state index contributed by atoms with van der Waals surface area (Å²) < 4.78 is 5.17. The second-order valence-electron chi connectivity index (χ2n) is 3.23. The summed E-state index contributed by atoms with van der Waals surface area (Å²) in [5, 5.41) is 0. The molecule has 0 aromatic carbocycles. The molecule has 0 spiro atoms. The van der Waals surface area contributed by atoms with E-state index >= 15 is 0 Å². The molecule has 0 radical (unpaired) electrons. The Kier molecular flexibility index (Phi) is 0.967. The van der Waals surface area contributed by atoms with Crippen molar-refractivity contribution >= 4 is 5.97 Å². The highest BCUT2D eigenvalue weighted by atomic mass is 16.6. The van der Waals surface area contributed by atoms with E-state index in [1.54, 1.807) is 0 Å². The summed E-state index contributed by atoms with van der Waals surface area (Å²) >= 11 is 0. The van der Waals surface area contributed by atoms with Crippen LogP contribution in [-0.2, 0) is 9.53 Å². The van der Waals surface area contributed by atoms with Gasteiger partial charge in [0.05, 0.1) is 6.42 Å². The van der Waals surface area contributed by atoms with Crippen LogP contribution < -0.4 is 0 Å². The standard InChI is InChI=1S/C8H10O2/c1-8-4-2-3-6(8)5-7(9)10-8/h2-3,6H,4-5H2,1H3/t6-,8-/m0/s1. The maximum atomic E-state index is 10.8. The Hall–Kier alpha value is -0.790. The van der Waals surface area contributed by atoms with Crippen LogP contribution in [0.25, 0.3) is 0 Å². The van der Waals surface area contributed by atoms with Crippen LogP contribution in [0.1, 0.15) is 19.8 Å². The van der Waals surface area contributed by atoms with Crippen LogP contribution in [0.15, 0.2) is 12.2 Å². The Morgan fingerprint density at radius 3 is 3.30 bits per heavy atom. The zero-order chi connectivity index (χ0) is 7.19. The number of carbonyl (C=O) groups is 1. The van der Waals surface area contributed by atoms with E-state index in [0.29, 0.717) is 12.3 Å². The Bertz CT molecular complexity index is 207. The molecule has 0 bridgehead atoms. The summed E-state index contributed by atoms with van der Waals surface area (Å²) in [6, 6.07) is 0. The molecule has 0 N–H and O–H groups in total. The van der Waals surface area contributed by atoms with Gasteiger partial charge in [-0.25, -0.2) is 0 Å². The molecule has 1 aliphatic heterocycles. The summed E-state index contributed by atoms with van der Waals surface area (Å²) in [5.74, 6) is 0.303. The van der Waals surface area contributed by atoms with Gasteiger partial charge in [-0.1, -0.05) is 12.2 Å². The zero-order valence-electron chi connectivity index (χ0n) is 5.96. The lowest BCUT2D eigenvalue weighted by Gasteiger charge is -2.21. The Morgan fingerprint density at radius 1 is 1.80 bits per heavy atom. The second-order valence-corrected chi connectivity index (χ2v) is 3.23. The van der Waals surface area contributed by atoms with Crippen molar-refractivity contribution in [2.75, 3.05) is 0 Å². The number of fused-ring (bicyclic) bond motifs is 1. The maximum Gasteiger partial charge on any atom is 0.307 e. The Morgan fingerprint density at radius 2 is 2.60 bits per heavy atom. The zero-order valence-corrected chi connectivity index (χ0v) is 5.96. The Balaban J connectivity index is 2.28. The lowest BCUT2D eigenvalue weighted by atomic mass is 9.93. The average molecular weight is 138 g/mol. The van der Waals surface area contributed by atoms with Crippen molar-refractivity contribution in [1.29, 1.82) is 0 Å². The van der Waals surface area contributed by atoms with Crippen molar-refractivity contribution in [3.8, 4) is 0 Å². The van der Waals surface area contributed by atoms with Gasteiger partial charge < -0.3 is 4.74 Å². The van der Waals surface area contributed by atoms with Crippen molar-refractivity contribution in [1.82, 2.24) is 0 Å². The molecule has 2 atom stereocenters. The summed E-state index contributed by atoms with van der Waals surface area (Å²) in [4.78, 5) is 10.8. The summed E-state index contributed by atoms with van der Waals surface area (Å²) in [7, 11) is 0. The van der Waals surface area contributed by atoms with E-state index in [-0.39, 0.29) is 11.6 Å². The van der Waals surface area contributed by atoms with E-state index in [0.717, 1.165) is 6.42 Å². The SMILES string of the molecule is C[C@]12CC=C[C@H]1CC(=O)O2. The number of hydrogen-bond acceptors (Lipinski definition) is 2. The van der Waals surface area contributed by atoms with E-state index in [4.69, 9.17) is 4.74 Å². The van der Waals surface area contributed by atoms with E-state index in [2.05, 4.69) is 12.2 Å². The first-order valence-corrected chi connectivity index (χ1v) is 3.59. The second kappa shape index (κ2) is 1.62. The molecular formula is C8H10O2. The smallest absolute Gasteiger partial charge is 0.307 e. The molecule has 1 saturated heterocycles.